The van der Waals surface area contributed by atoms with Gasteiger partial charge in [0.1, 0.15) is 13.2 Å². The van der Waals surface area contributed by atoms with Gasteiger partial charge in [-0.2, -0.15) is 26.3 Å². The molecular formula is C33H54F6O8. The van der Waals surface area contributed by atoms with Gasteiger partial charge in [0.25, 0.3) is 0 Å². The van der Waals surface area contributed by atoms with Crippen LogP contribution < -0.4 is 0 Å². The molecule has 0 aromatic carbocycles. The quantitative estimate of drug-likeness (QED) is 0.0851. The highest BCUT2D eigenvalue weighted by Crippen LogP contribution is 2.52. The number of alkyl halides is 6. The van der Waals surface area contributed by atoms with Gasteiger partial charge >= 0.3 is 36.2 Å². The van der Waals surface area contributed by atoms with Crippen LogP contribution in [0.5, 0.6) is 0 Å². The minimum atomic E-state index is -4.67. The van der Waals surface area contributed by atoms with Crippen LogP contribution in [0.3, 0.4) is 0 Å². The third-order valence-corrected chi connectivity index (χ3v) is 8.23. The summed E-state index contributed by atoms with van der Waals surface area (Å²) in [5.74, 6) is -4.09. The fraction of sp³-hybridized carbons (Fsp3) is 0.879. The molecular weight excluding hydrogens is 638 g/mol. The van der Waals surface area contributed by atoms with Gasteiger partial charge in [-0.05, 0) is 54.3 Å². The highest BCUT2D eigenvalue weighted by Gasteiger charge is 2.50. The predicted octanol–water partition coefficient (Wildman–Crippen LogP) is 8.39. The van der Waals surface area contributed by atoms with Gasteiger partial charge in [0, 0.05) is 0 Å². The van der Waals surface area contributed by atoms with Crippen LogP contribution in [-0.4, -0.2) is 62.7 Å². The van der Waals surface area contributed by atoms with E-state index in [-0.39, 0.29) is 5.41 Å². The van der Waals surface area contributed by atoms with E-state index in [9.17, 15) is 45.5 Å². The summed E-state index contributed by atoms with van der Waals surface area (Å²) in [5, 5.41) is 0. The van der Waals surface area contributed by atoms with Crippen molar-refractivity contribution in [2.24, 2.45) is 33.0 Å². The number of esters is 4. The Bertz CT molecular complexity index is 1050. The van der Waals surface area contributed by atoms with Gasteiger partial charge in [0.05, 0.1) is 24.2 Å². The van der Waals surface area contributed by atoms with E-state index in [0.29, 0.717) is 25.7 Å². The van der Waals surface area contributed by atoms with Crippen molar-refractivity contribution >= 4 is 23.9 Å². The zero-order valence-electron chi connectivity index (χ0n) is 29.7. The molecule has 47 heavy (non-hydrogen) atoms. The van der Waals surface area contributed by atoms with E-state index < -0.39 is 103 Å². The lowest BCUT2D eigenvalue weighted by molar-refractivity contribution is -0.187. The van der Waals surface area contributed by atoms with Gasteiger partial charge in [0.2, 0.25) is 0 Å². The van der Waals surface area contributed by atoms with Gasteiger partial charge in [0.15, 0.2) is 13.2 Å². The van der Waals surface area contributed by atoms with Crippen LogP contribution in [0.15, 0.2) is 0 Å². The summed E-state index contributed by atoms with van der Waals surface area (Å²) in [4.78, 5) is 50.0. The molecule has 2 unspecified atom stereocenters. The lowest BCUT2D eigenvalue weighted by Crippen LogP contribution is -2.46. The Morgan fingerprint density at radius 3 is 1.40 bits per heavy atom. The summed E-state index contributed by atoms with van der Waals surface area (Å²) in [6.45, 7) is 16.7. The molecule has 0 spiro atoms. The normalized spacial score (nSPS) is 15.3. The van der Waals surface area contributed by atoms with Crippen molar-refractivity contribution in [3.63, 3.8) is 0 Å². The maximum absolute atomic E-state index is 13.5. The van der Waals surface area contributed by atoms with Gasteiger partial charge in [-0.1, -0.05) is 69.2 Å². The predicted molar refractivity (Wildman–Crippen MR) is 162 cm³/mol. The Labute approximate surface area is 275 Å². The molecule has 0 aromatic heterocycles. The molecule has 0 amide bonds. The van der Waals surface area contributed by atoms with Crippen molar-refractivity contribution < 1.29 is 64.5 Å². The molecule has 0 fully saturated rings. The summed E-state index contributed by atoms with van der Waals surface area (Å²) in [7, 11) is 0. The summed E-state index contributed by atoms with van der Waals surface area (Å²) in [6.07, 6.45) is -8.55. The van der Waals surface area contributed by atoms with Crippen molar-refractivity contribution in [2.75, 3.05) is 26.4 Å². The molecule has 0 radical (unpaired) electrons. The average Bonchev–Trinajstić information content (AvgIpc) is 2.85. The molecule has 0 heterocycles. The van der Waals surface area contributed by atoms with E-state index in [1.165, 1.54) is 0 Å². The molecule has 0 bridgehead atoms. The summed E-state index contributed by atoms with van der Waals surface area (Å²) >= 11 is 0. The number of rotatable bonds is 17. The Hall–Kier alpha value is -2.54. The molecule has 2 atom stereocenters. The number of carbonyl (C=O) groups excluding carboxylic acids is 4. The highest BCUT2D eigenvalue weighted by atomic mass is 19.4. The minimum absolute atomic E-state index is 0.327. The molecule has 0 aromatic rings. The lowest BCUT2D eigenvalue weighted by atomic mass is 9.57. The van der Waals surface area contributed by atoms with E-state index in [1.807, 2.05) is 69.2 Å². The molecule has 0 aliphatic heterocycles. The Morgan fingerprint density at radius 1 is 0.596 bits per heavy atom. The van der Waals surface area contributed by atoms with Crippen molar-refractivity contribution in [3.05, 3.63) is 0 Å². The summed E-state index contributed by atoms with van der Waals surface area (Å²) < 4.78 is 92.9. The lowest BCUT2D eigenvalue weighted by Gasteiger charge is -2.47. The second-order valence-corrected chi connectivity index (χ2v) is 16.1. The summed E-state index contributed by atoms with van der Waals surface area (Å²) in [6, 6.07) is 0. The van der Waals surface area contributed by atoms with E-state index >= 15 is 0 Å². The average molecular weight is 693 g/mol. The number of halogens is 6. The molecule has 0 rings (SSSR count). The van der Waals surface area contributed by atoms with Crippen LogP contribution in [0.4, 0.5) is 26.3 Å². The molecule has 8 nitrogen and oxygen atoms in total. The smallest absolute Gasteiger partial charge is 0.422 e. The first-order valence-corrected chi connectivity index (χ1v) is 15.6. The standard InChI is InChI=1S/C33H54F6O8/c1-27(2,3)19-31(11,26(43)45-17-13-24(41)47-21-33(37,38)39)30(9,10)15-14-29(7,8)18-22(28(4,5)6)25(42)44-16-12-23(40)46-20-32(34,35)36/h22H,12-21H2,1-11H3. The third kappa shape index (κ3) is 18.0. The first-order chi connectivity index (χ1) is 20.8. The van der Waals surface area contributed by atoms with E-state index in [2.05, 4.69) is 9.47 Å². The van der Waals surface area contributed by atoms with Crippen LogP contribution in [-0.2, 0) is 38.1 Å². The fourth-order valence-electron chi connectivity index (χ4n) is 5.16. The highest BCUT2D eigenvalue weighted by molar-refractivity contribution is 5.78. The monoisotopic (exact) mass is 692 g/mol. The number of carbonyl (C=O) groups is 4. The molecule has 0 aliphatic rings. The van der Waals surface area contributed by atoms with Crippen molar-refractivity contribution in [2.45, 2.75) is 127 Å². The molecule has 276 valence electrons. The Morgan fingerprint density at radius 2 is 1.02 bits per heavy atom. The summed E-state index contributed by atoms with van der Waals surface area (Å²) in [5.41, 5.74) is -3.10. The SMILES string of the molecule is CC(C)(C)CC(C)(C(=O)OCCC(=O)OCC(F)(F)F)C(C)(C)CCC(C)(C)CC(C(=O)OCCC(=O)OCC(F)(F)F)C(C)(C)C. The van der Waals surface area contributed by atoms with Crippen LogP contribution in [0.25, 0.3) is 0 Å². The van der Waals surface area contributed by atoms with Gasteiger partial charge in [-0.3, -0.25) is 19.2 Å². The minimum Gasteiger partial charge on any atom is -0.465 e. The molecule has 0 aliphatic carbocycles. The Balaban J connectivity index is 5.60. The van der Waals surface area contributed by atoms with Crippen LogP contribution >= 0.6 is 0 Å². The molecule has 0 N–H and O–H groups in total. The second kappa shape index (κ2) is 16.7. The Kier molecular flexibility index (Phi) is 15.8. The van der Waals surface area contributed by atoms with E-state index in [0.717, 1.165) is 0 Å². The van der Waals surface area contributed by atoms with Crippen molar-refractivity contribution in [1.82, 2.24) is 0 Å². The van der Waals surface area contributed by atoms with Gasteiger partial charge < -0.3 is 18.9 Å². The molecule has 0 saturated carbocycles. The van der Waals surface area contributed by atoms with Crippen LogP contribution in [0, 0.1) is 33.0 Å². The second-order valence-electron chi connectivity index (χ2n) is 16.1. The van der Waals surface area contributed by atoms with Crippen LogP contribution in [0.2, 0.25) is 0 Å². The van der Waals surface area contributed by atoms with Crippen LogP contribution in [0.1, 0.15) is 115 Å². The molecule has 0 saturated heterocycles. The van der Waals surface area contributed by atoms with E-state index in [1.54, 1.807) is 6.92 Å². The number of hydrogen-bond acceptors (Lipinski definition) is 8. The zero-order chi connectivity index (χ0) is 37.3. The van der Waals surface area contributed by atoms with Crippen molar-refractivity contribution in [3.8, 4) is 0 Å². The number of hydrogen-bond donors (Lipinski definition) is 0. The van der Waals surface area contributed by atoms with E-state index in [4.69, 9.17) is 9.47 Å². The molecule has 14 heteroatoms. The fourth-order valence-corrected chi connectivity index (χ4v) is 5.16. The van der Waals surface area contributed by atoms with Gasteiger partial charge in [-0.15, -0.1) is 0 Å². The first-order valence-electron chi connectivity index (χ1n) is 15.6. The third-order valence-electron chi connectivity index (χ3n) is 8.23. The maximum Gasteiger partial charge on any atom is 0.422 e. The maximum atomic E-state index is 13.5. The van der Waals surface area contributed by atoms with Gasteiger partial charge in [-0.25, -0.2) is 0 Å². The largest absolute Gasteiger partial charge is 0.465 e. The zero-order valence-corrected chi connectivity index (χ0v) is 29.7. The topological polar surface area (TPSA) is 105 Å². The van der Waals surface area contributed by atoms with Crippen molar-refractivity contribution in [1.29, 1.82) is 0 Å². The number of ether oxygens (including phenoxy) is 4. The first kappa shape index (κ1) is 44.5.